The molecule has 3 nitrogen and oxygen atoms in total. The number of rotatable bonds is 6. The normalized spacial score (nSPS) is 8.86. The second-order valence-electron chi connectivity index (χ2n) is 2.10. The second-order valence-corrected chi connectivity index (χ2v) is 2.10. The van der Waals surface area contributed by atoms with Gasteiger partial charge in [-0.3, -0.25) is 11.8 Å². The summed E-state index contributed by atoms with van der Waals surface area (Å²) in [6.45, 7) is 8.97. The summed E-state index contributed by atoms with van der Waals surface area (Å²) in [5.41, 5.74) is 0. The van der Waals surface area contributed by atoms with Crippen LogP contribution in [0.1, 0.15) is 20.8 Å². The molecular formula is C10H17LiO3. The molecule has 0 rings (SSSR count). The quantitative estimate of drug-likeness (QED) is 0.170. The molecule has 0 fully saturated rings. The molecule has 0 heterocycles. The molecule has 0 bridgehead atoms. The average Bonchev–Trinajstić information content (AvgIpc) is 2.13. The van der Waals surface area contributed by atoms with Crippen molar-refractivity contribution in [1.29, 1.82) is 0 Å². The van der Waals surface area contributed by atoms with Crippen molar-refractivity contribution in [3.05, 3.63) is 6.61 Å². The van der Waals surface area contributed by atoms with E-state index < -0.39 is 6.29 Å². The molecule has 0 aliphatic heterocycles. The van der Waals surface area contributed by atoms with Gasteiger partial charge in [-0.15, -0.1) is 0 Å². The van der Waals surface area contributed by atoms with Crippen LogP contribution in [0.3, 0.4) is 0 Å². The van der Waals surface area contributed by atoms with E-state index in [1.165, 1.54) is 6.61 Å². The monoisotopic (exact) mass is 192 g/mol. The zero-order valence-corrected chi connectivity index (χ0v) is 9.50. The minimum absolute atomic E-state index is 0. The fraction of sp³-hybridized carbons (Fsp3) is 0.700. The molecule has 0 radical (unpaired) electrons. The van der Waals surface area contributed by atoms with Crippen molar-refractivity contribution in [3.63, 3.8) is 0 Å². The Morgan fingerprint density at radius 3 is 2.07 bits per heavy atom. The van der Waals surface area contributed by atoms with E-state index in [1.807, 2.05) is 20.8 Å². The Labute approximate surface area is 98.7 Å². The van der Waals surface area contributed by atoms with E-state index in [2.05, 4.69) is 11.8 Å². The molecular weight excluding hydrogens is 175 g/mol. The molecule has 0 aromatic carbocycles. The van der Waals surface area contributed by atoms with Crippen LogP contribution in [0.25, 0.3) is 0 Å². The summed E-state index contributed by atoms with van der Waals surface area (Å²) in [5, 5.41) is 0. The van der Waals surface area contributed by atoms with Crippen molar-refractivity contribution in [1.82, 2.24) is 0 Å². The van der Waals surface area contributed by atoms with Crippen molar-refractivity contribution in [2.45, 2.75) is 27.1 Å². The maximum atomic E-state index is 5.19. The SMILES string of the molecule is CCO[CH-]C#CC(OCC)OCC.[Li+]. The van der Waals surface area contributed by atoms with Crippen LogP contribution in [-0.4, -0.2) is 26.1 Å². The van der Waals surface area contributed by atoms with E-state index in [4.69, 9.17) is 14.2 Å². The molecule has 4 heteroatoms. The zero-order chi connectivity index (χ0) is 9.94. The van der Waals surface area contributed by atoms with Crippen LogP contribution in [0.2, 0.25) is 0 Å². The van der Waals surface area contributed by atoms with Gasteiger partial charge in [-0.05, 0) is 20.8 Å². The first-order valence-corrected chi connectivity index (χ1v) is 4.52. The van der Waals surface area contributed by atoms with Gasteiger partial charge < -0.3 is 14.2 Å². The molecule has 0 atom stereocenters. The van der Waals surface area contributed by atoms with E-state index in [-0.39, 0.29) is 18.9 Å². The van der Waals surface area contributed by atoms with Crippen LogP contribution in [0.15, 0.2) is 0 Å². The van der Waals surface area contributed by atoms with Gasteiger partial charge in [0.15, 0.2) is 0 Å². The third kappa shape index (κ3) is 9.99. The molecule has 14 heavy (non-hydrogen) atoms. The van der Waals surface area contributed by atoms with Crippen molar-refractivity contribution >= 4 is 0 Å². The molecule has 0 saturated heterocycles. The van der Waals surface area contributed by atoms with Gasteiger partial charge in [0.1, 0.15) is 6.29 Å². The fourth-order valence-corrected chi connectivity index (χ4v) is 0.661. The summed E-state index contributed by atoms with van der Waals surface area (Å²) < 4.78 is 15.3. The third-order valence-electron chi connectivity index (χ3n) is 1.15. The molecule has 76 valence electrons. The Balaban J connectivity index is 0. The van der Waals surface area contributed by atoms with Crippen molar-refractivity contribution in [2.75, 3.05) is 19.8 Å². The Morgan fingerprint density at radius 1 is 1.07 bits per heavy atom. The number of hydrogen-bond donors (Lipinski definition) is 0. The molecule has 0 N–H and O–H groups in total. The predicted octanol–water partition coefficient (Wildman–Crippen LogP) is -1.41. The smallest absolute Gasteiger partial charge is 0.434 e. The Hall–Kier alpha value is -0.0926. The Kier molecular flexibility index (Phi) is 15.1. The van der Waals surface area contributed by atoms with E-state index in [0.717, 1.165) is 0 Å². The standard InChI is InChI=1S/C10H17O3.Li/c1-4-11-9-7-8-10(12-5-2)13-6-3;/h9-10H,4-6H2,1-3H3;/q-1;+1. The van der Waals surface area contributed by atoms with Gasteiger partial charge in [-0.2, -0.15) is 0 Å². The van der Waals surface area contributed by atoms with Crippen LogP contribution in [0.4, 0.5) is 0 Å². The van der Waals surface area contributed by atoms with Crippen LogP contribution in [0.5, 0.6) is 0 Å². The molecule has 0 aliphatic carbocycles. The number of hydrogen-bond acceptors (Lipinski definition) is 3. The predicted molar refractivity (Wildman–Crippen MR) is 50.7 cm³/mol. The molecule has 0 aliphatic rings. The summed E-state index contributed by atoms with van der Waals surface area (Å²) in [7, 11) is 0. The van der Waals surface area contributed by atoms with E-state index in [1.54, 1.807) is 0 Å². The van der Waals surface area contributed by atoms with Crippen LogP contribution < -0.4 is 18.9 Å². The van der Waals surface area contributed by atoms with Crippen LogP contribution >= 0.6 is 0 Å². The molecule has 0 amide bonds. The third-order valence-corrected chi connectivity index (χ3v) is 1.15. The van der Waals surface area contributed by atoms with Gasteiger partial charge in [0.2, 0.25) is 0 Å². The average molecular weight is 192 g/mol. The maximum Gasteiger partial charge on any atom is 1.00 e. The molecule has 0 aromatic heterocycles. The minimum atomic E-state index is -0.438. The zero-order valence-electron chi connectivity index (χ0n) is 9.50. The van der Waals surface area contributed by atoms with E-state index in [9.17, 15) is 0 Å². The van der Waals surface area contributed by atoms with Crippen molar-refractivity contribution in [3.8, 4) is 11.8 Å². The van der Waals surface area contributed by atoms with E-state index >= 15 is 0 Å². The molecule has 0 aromatic rings. The first kappa shape index (κ1) is 16.3. The van der Waals surface area contributed by atoms with Gasteiger partial charge >= 0.3 is 18.9 Å². The topological polar surface area (TPSA) is 27.7 Å². The maximum absolute atomic E-state index is 5.19. The van der Waals surface area contributed by atoms with Crippen LogP contribution in [-0.2, 0) is 14.2 Å². The van der Waals surface area contributed by atoms with Gasteiger partial charge in [-0.25, -0.2) is 0 Å². The molecule has 0 saturated carbocycles. The summed E-state index contributed by atoms with van der Waals surface area (Å²) in [6.07, 6.45) is -0.438. The molecule has 0 unspecified atom stereocenters. The summed E-state index contributed by atoms with van der Waals surface area (Å²) in [5.74, 6) is 5.49. The second kappa shape index (κ2) is 12.9. The van der Waals surface area contributed by atoms with Gasteiger partial charge in [0, 0.05) is 19.8 Å². The van der Waals surface area contributed by atoms with Gasteiger partial charge in [-0.1, -0.05) is 6.61 Å². The van der Waals surface area contributed by atoms with Crippen molar-refractivity contribution in [2.24, 2.45) is 0 Å². The first-order chi connectivity index (χ1) is 6.35. The van der Waals surface area contributed by atoms with Gasteiger partial charge in [0.25, 0.3) is 0 Å². The summed E-state index contributed by atoms with van der Waals surface area (Å²) in [6, 6.07) is 0. The Morgan fingerprint density at radius 2 is 1.64 bits per heavy atom. The number of ether oxygens (including phenoxy) is 3. The first-order valence-electron chi connectivity index (χ1n) is 4.52. The molecule has 0 spiro atoms. The Bertz CT molecular complexity index is 156. The van der Waals surface area contributed by atoms with Crippen molar-refractivity contribution < 1.29 is 33.1 Å². The minimum Gasteiger partial charge on any atom is -0.434 e. The fourth-order valence-electron chi connectivity index (χ4n) is 0.661. The summed E-state index contributed by atoms with van der Waals surface area (Å²) in [4.78, 5) is 0. The summed E-state index contributed by atoms with van der Waals surface area (Å²) >= 11 is 0. The largest absolute Gasteiger partial charge is 1.00 e. The van der Waals surface area contributed by atoms with Crippen LogP contribution in [0, 0.1) is 18.4 Å². The van der Waals surface area contributed by atoms with E-state index in [0.29, 0.717) is 19.8 Å². The van der Waals surface area contributed by atoms with Gasteiger partial charge in [0.05, 0.1) is 0 Å².